The molecule has 0 spiro atoms. The Kier molecular flexibility index (Phi) is 4.61. The quantitative estimate of drug-likeness (QED) is 0.382. The average molecular weight is 341 g/mol. The lowest BCUT2D eigenvalue weighted by Crippen LogP contribution is -2.11. The van der Waals surface area contributed by atoms with Gasteiger partial charge in [-0.05, 0) is 78.5 Å². The molecule has 1 fully saturated rings. The maximum absolute atomic E-state index is 4.61. The van der Waals surface area contributed by atoms with Crippen molar-refractivity contribution in [1.29, 1.82) is 0 Å². The van der Waals surface area contributed by atoms with Crippen molar-refractivity contribution in [3.05, 3.63) is 70.3 Å². The van der Waals surface area contributed by atoms with E-state index in [1.54, 1.807) is 5.57 Å². The standard InChI is InChI=1S/C23H19NS/c25-16-24-23-10-7-17(8-11-23)4-5-19-6-9-21-14-20(15-22(21)13-19)12-18-2-1-3-18/h6-11,13-14,18H,1-3,12,15H2. The molecule has 1 saturated carbocycles. The minimum atomic E-state index is 0.808. The number of aliphatic imine (C=N–C) groups is 1. The van der Waals surface area contributed by atoms with Crippen molar-refractivity contribution in [2.45, 2.75) is 32.1 Å². The van der Waals surface area contributed by atoms with Gasteiger partial charge in [0.1, 0.15) is 0 Å². The van der Waals surface area contributed by atoms with Crippen LogP contribution in [0.4, 0.5) is 5.69 Å². The van der Waals surface area contributed by atoms with Crippen LogP contribution in [0, 0.1) is 17.8 Å². The lowest BCUT2D eigenvalue weighted by atomic mass is 9.80. The minimum absolute atomic E-state index is 0.808. The fourth-order valence-electron chi connectivity index (χ4n) is 3.51. The first-order valence-corrected chi connectivity index (χ1v) is 9.23. The summed E-state index contributed by atoms with van der Waals surface area (Å²) in [6.45, 7) is 0. The second kappa shape index (κ2) is 7.19. The summed E-state index contributed by atoms with van der Waals surface area (Å²) < 4.78 is 0. The Bertz CT molecular complexity index is 930. The molecule has 0 saturated heterocycles. The van der Waals surface area contributed by atoms with Gasteiger partial charge in [-0.2, -0.15) is 4.99 Å². The first-order chi connectivity index (χ1) is 12.3. The molecule has 0 N–H and O–H groups in total. The molecular formula is C23H19NS. The van der Waals surface area contributed by atoms with Gasteiger partial charge in [-0.25, -0.2) is 0 Å². The molecule has 0 amide bonds. The highest BCUT2D eigenvalue weighted by Crippen LogP contribution is 2.36. The zero-order chi connectivity index (χ0) is 17.1. The van der Waals surface area contributed by atoms with Gasteiger partial charge >= 0.3 is 0 Å². The summed E-state index contributed by atoms with van der Waals surface area (Å²) in [4.78, 5) is 3.95. The molecular weight excluding hydrogens is 322 g/mol. The summed E-state index contributed by atoms with van der Waals surface area (Å²) in [6.07, 6.45) is 9.03. The van der Waals surface area contributed by atoms with E-state index in [9.17, 15) is 0 Å². The Morgan fingerprint density at radius 3 is 2.48 bits per heavy atom. The Morgan fingerprint density at radius 1 is 1.00 bits per heavy atom. The molecule has 2 aromatic carbocycles. The fraction of sp³-hybridized carbons (Fsp3) is 0.261. The number of thiocarbonyl (C=S) groups is 1. The van der Waals surface area contributed by atoms with Crippen LogP contribution < -0.4 is 0 Å². The highest BCUT2D eigenvalue weighted by atomic mass is 32.1. The smallest absolute Gasteiger partial charge is 0.0740 e. The number of hydrogen-bond acceptors (Lipinski definition) is 2. The first kappa shape index (κ1) is 16.0. The van der Waals surface area contributed by atoms with E-state index < -0.39 is 0 Å². The van der Waals surface area contributed by atoms with E-state index in [-0.39, 0.29) is 0 Å². The second-order valence-corrected chi connectivity index (χ2v) is 7.08. The van der Waals surface area contributed by atoms with E-state index in [1.165, 1.54) is 36.8 Å². The average Bonchev–Trinajstić information content (AvgIpc) is 3.00. The predicted molar refractivity (Wildman–Crippen MR) is 107 cm³/mol. The molecule has 0 unspecified atom stereocenters. The maximum Gasteiger partial charge on any atom is 0.0740 e. The van der Waals surface area contributed by atoms with Crippen LogP contribution in [-0.2, 0) is 6.42 Å². The highest BCUT2D eigenvalue weighted by Gasteiger charge is 2.21. The summed E-state index contributed by atoms with van der Waals surface area (Å²) >= 11 is 4.61. The van der Waals surface area contributed by atoms with E-state index in [0.717, 1.165) is 29.2 Å². The van der Waals surface area contributed by atoms with Crippen LogP contribution in [0.15, 0.2) is 53.0 Å². The van der Waals surface area contributed by atoms with Gasteiger partial charge in [-0.3, -0.25) is 0 Å². The number of rotatable bonds is 3. The van der Waals surface area contributed by atoms with Crippen molar-refractivity contribution in [3.8, 4) is 11.8 Å². The normalized spacial score (nSPS) is 15.3. The maximum atomic E-state index is 4.61. The molecule has 0 radical (unpaired) electrons. The summed E-state index contributed by atoms with van der Waals surface area (Å²) in [7, 11) is 0. The van der Waals surface area contributed by atoms with Crippen LogP contribution in [0.1, 0.15) is 47.9 Å². The summed E-state index contributed by atoms with van der Waals surface area (Å²) in [5, 5.41) is 2.38. The van der Waals surface area contributed by atoms with Crippen LogP contribution in [0.25, 0.3) is 6.08 Å². The summed E-state index contributed by atoms with van der Waals surface area (Å²) in [6, 6.07) is 14.3. The van der Waals surface area contributed by atoms with E-state index in [0.29, 0.717) is 0 Å². The van der Waals surface area contributed by atoms with Crippen LogP contribution in [0.3, 0.4) is 0 Å². The Hall–Kier alpha value is -2.46. The molecule has 4 rings (SSSR count). The molecule has 0 aromatic heterocycles. The van der Waals surface area contributed by atoms with E-state index >= 15 is 0 Å². The molecule has 0 atom stereocenters. The third-order valence-corrected chi connectivity index (χ3v) is 5.18. The van der Waals surface area contributed by atoms with Crippen LogP contribution >= 0.6 is 12.2 Å². The molecule has 0 aliphatic heterocycles. The van der Waals surface area contributed by atoms with Crippen LogP contribution in [-0.4, -0.2) is 5.16 Å². The number of benzene rings is 2. The molecule has 25 heavy (non-hydrogen) atoms. The molecule has 1 nitrogen and oxygen atoms in total. The molecule has 2 heteroatoms. The number of hydrogen-bond donors (Lipinski definition) is 0. The molecule has 2 aromatic rings. The Labute approximate surface area is 154 Å². The van der Waals surface area contributed by atoms with Crippen LogP contribution in [0.2, 0.25) is 0 Å². The van der Waals surface area contributed by atoms with Crippen molar-refractivity contribution in [2.75, 3.05) is 0 Å². The monoisotopic (exact) mass is 341 g/mol. The molecule has 122 valence electrons. The zero-order valence-electron chi connectivity index (χ0n) is 14.1. The molecule has 2 aliphatic carbocycles. The van der Waals surface area contributed by atoms with Crippen molar-refractivity contribution in [1.82, 2.24) is 0 Å². The van der Waals surface area contributed by atoms with E-state index in [4.69, 9.17) is 0 Å². The Morgan fingerprint density at radius 2 is 1.76 bits per heavy atom. The van der Waals surface area contributed by atoms with Gasteiger partial charge in [0, 0.05) is 11.1 Å². The van der Waals surface area contributed by atoms with Gasteiger partial charge in [-0.15, -0.1) is 0 Å². The third kappa shape index (κ3) is 3.80. The summed E-state index contributed by atoms with van der Waals surface area (Å²) in [5.74, 6) is 7.44. The molecule has 0 bridgehead atoms. The van der Waals surface area contributed by atoms with Crippen molar-refractivity contribution >= 4 is 29.1 Å². The third-order valence-electron chi connectivity index (χ3n) is 5.09. The first-order valence-electron chi connectivity index (χ1n) is 8.82. The zero-order valence-corrected chi connectivity index (χ0v) is 14.9. The van der Waals surface area contributed by atoms with Gasteiger partial charge in [0.2, 0.25) is 0 Å². The van der Waals surface area contributed by atoms with Crippen molar-refractivity contribution < 1.29 is 0 Å². The highest BCUT2D eigenvalue weighted by molar-refractivity contribution is 7.78. The largest absolute Gasteiger partial charge is 0.195 e. The lowest BCUT2D eigenvalue weighted by molar-refractivity contribution is 0.313. The lowest BCUT2D eigenvalue weighted by Gasteiger charge is -2.25. The Balaban J connectivity index is 1.46. The van der Waals surface area contributed by atoms with E-state index in [1.807, 2.05) is 24.3 Å². The van der Waals surface area contributed by atoms with Gasteiger partial charge in [0.25, 0.3) is 0 Å². The molecule has 0 heterocycles. The van der Waals surface area contributed by atoms with Gasteiger partial charge in [0.15, 0.2) is 0 Å². The van der Waals surface area contributed by atoms with Gasteiger partial charge < -0.3 is 0 Å². The number of isothiocyanates is 1. The predicted octanol–water partition coefficient (Wildman–Crippen LogP) is 5.95. The van der Waals surface area contributed by atoms with Gasteiger partial charge in [-0.1, -0.05) is 48.8 Å². The molecule has 2 aliphatic rings. The van der Waals surface area contributed by atoms with Crippen molar-refractivity contribution in [2.24, 2.45) is 10.9 Å². The number of fused-ring (bicyclic) bond motifs is 1. The fourth-order valence-corrected chi connectivity index (χ4v) is 3.61. The SMILES string of the molecule is S=C=Nc1ccc(C#Cc2ccc3c(c2)CC(CC2CCC2)=C3)cc1. The van der Waals surface area contributed by atoms with Gasteiger partial charge in [0.05, 0.1) is 10.8 Å². The minimum Gasteiger partial charge on any atom is -0.195 e. The topological polar surface area (TPSA) is 12.4 Å². The second-order valence-electron chi connectivity index (χ2n) is 6.89. The number of nitrogens with zero attached hydrogens (tertiary/aromatic N) is 1. The number of allylic oxidation sites excluding steroid dienone is 1. The van der Waals surface area contributed by atoms with Crippen molar-refractivity contribution in [3.63, 3.8) is 0 Å². The van der Waals surface area contributed by atoms with Crippen LogP contribution in [0.5, 0.6) is 0 Å². The van der Waals surface area contributed by atoms with E-state index in [2.05, 4.69) is 58.5 Å². The summed E-state index contributed by atoms with van der Waals surface area (Å²) in [5.41, 5.74) is 7.27.